The van der Waals surface area contributed by atoms with Crippen molar-refractivity contribution in [1.82, 2.24) is 14.5 Å². The van der Waals surface area contributed by atoms with Gasteiger partial charge in [-0.2, -0.15) is 4.31 Å². The molecule has 0 amide bonds. The molecule has 6 nitrogen and oxygen atoms in total. The number of sulfonamides is 1. The quantitative estimate of drug-likeness (QED) is 0.873. The Balaban J connectivity index is 2.30. The van der Waals surface area contributed by atoms with Crippen molar-refractivity contribution in [2.45, 2.75) is 43.0 Å². The molecular formula is C9H16N4O2S2. The number of hydrogen-bond acceptors (Lipinski definition) is 6. The summed E-state index contributed by atoms with van der Waals surface area (Å²) in [5, 5.41) is 7.39. The van der Waals surface area contributed by atoms with Crippen LogP contribution in [0.2, 0.25) is 0 Å². The zero-order valence-corrected chi connectivity index (χ0v) is 11.3. The molecule has 0 bridgehead atoms. The first-order valence-corrected chi connectivity index (χ1v) is 7.88. The lowest BCUT2D eigenvalue weighted by Crippen LogP contribution is -2.38. The number of nitrogens with zero attached hydrogens (tertiary/aromatic N) is 3. The molecule has 8 heteroatoms. The number of rotatable bonds is 2. The first-order chi connectivity index (χ1) is 8.01. The predicted octanol–water partition coefficient (Wildman–Crippen LogP) is 1.07. The van der Waals surface area contributed by atoms with Crippen molar-refractivity contribution in [1.29, 1.82) is 0 Å². The molecule has 1 saturated heterocycles. The first kappa shape index (κ1) is 12.7. The fraction of sp³-hybridized carbons (Fsp3) is 0.778. The van der Waals surface area contributed by atoms with Gasteiger partial charge in [-0.25, -0.2) is 8.42 Å². The molecule has 1 unspecified atom stereocenters. The van der Waals surface area contributed by atoms with Crippen LogP contribution in [0.15, 0.2) is 4.34 Å². The highest BCUT2D eigenvalue weighted by Crippen LogP contribution is 2.26. The highest BCUT2D eigenvalue weighted by molar-refractivity contribution is 7.91. The lowest BCUT2D eigenvalue weighted by atomic mass is 10.1. The smallest absolute Gasteiger partial charge is 0.272 e. The molecule has 1 fully saturated rings. The molecule has 0 aromatic carbocycles. The molecule has 0 radical (unpaired) electrons. The number of aromatic nitrogens is 2. The molecule has 1 aliphatic heterocycles. The van der Waals surface area contributed by atoms with Gasteiger partial charge in [0.25, 0.3) is 10.0 Å². The minimum atomic E-state index is -3.52. The Hall–Kier alpha value is -0.730. The first-order valence-electron chi connectivity index (χ1n) is 5.62. The predicted molar refractivity (Wildman–Crippen MR) is 66.1 cm³/mol. The summed E-state index contributed by atoms with van der Waals surface area (Å²) in [6.45, 7) is 2.50. The molecule has 1 aromatic rings. The van der Waals surface area contributed by atoms with Gasteiger partial charge in [0.15, 0.2) is 0 Å². The van der Waals surface area contributed by atoms with Gasteiger partial charge in [-0.05, 0) is 19.8 Å². The summed E-state index contributed by atoms with van der Waals surface area (Å²) in [5.41, 5.74) is 5.43. The molecule has 17 heavy (non-hydrogen) atoms. The van der Waals surface area contributed by atoms with Gasteiger partial charge in [0.05, 0.1) is 0 Å². The van der Waals surface area contributed by atoms with Crippen LogP contribution in [0.25, 0.3) is 0 Å². The molecule has 2 rings (SSSR count). The average Bonchev–Trinajstić information content (AvgIpc) is 2.58. The molecule has 0 saturated carbocycles. The second-order valence-electron chi connectivity index (χ2n) is 4.22. The zero-order valence-electron chi connectivity index (χ0n) is 9.66. The van der Waals surface area contributed by atoms with E-state index in [2.05, 4.69) is 10.2 Å². The lowest BCUT2D eigenvalue weighted by Gasteiger charge is -2.24. The van der Waals surface area contributed by atoms with E-state index in [0.29, 0.717) is 6.54 Å². The average molecular weight is 276 g/mol. The Morgan fingerprint density at radius 1 is 1.35 bits per heavy atom. The Morgan fingerprint density at radius 3 is 2.76 bits per heavy atom. The monoisotopic (exact) mass is 276 g/mol. The van der Waals surface area contributed by atoms with Gasteiger partial charge in [-0.15, -0.1) is 10.2 Å². The van der Waals surface area contributed by atoms with Crippen molar-refractivity contribution in [2.24, 2.45) is 0 Å². The minimum Gasteiger partial charge on any atom is -0.374 e. The van der Waals surface area contributed by atoms with Gasteiger partial charge in [0.2, 0.25) is 9.47 Å². The van der Waals surface area contributed by atoms with Gasteiger partial charge < -0.3 is 5.73 Å². The van der Waals surface area contributed by atoms with E-state index in [1.54, 1.807) is 0 Å². The molecule has 1 aromatic heterocycles. The molecule has 1 aliphatic rings. The maximum atomic E-state index is 12.3. The largest absolute Gasteiger partial charge is 0.374 e. The van der Waals surface area contributed by atoms with Crippen molar-refractivity contribution in [3.63, 3.8) is 0 Å². The molecular weight excluding hydrogens is 260 g/mol. The molecule has 2 heterocycles. The molecule has 1 atom stereocenters. The third-order valence-electron chi connectivity index (χ3n) is 2.94. The van der Waals surface area contributed by atoms with Gasteiger partial charge >= 0.3 is 0 Å². The Labute approximate surface area is 105 Å². The number of nitrogen functional groups attached to an aromatic ring is 1. The van der Waals surface area contributed by atoms with Crippen LogP contribution in [0.4, 0.5) is 5.13 Å². The second-order valence-corrected chi connectivity index (χ2v) is 7.29. The SMILES string of the molecule is CC1CCCCCN1S(=O)(=O)c1nnc(N)s1. The summed E-state index contributed by atoms with van der Waals surface area (Å²) in [7, 11) is -3.52. The fourth-order valence-corrected chi connectivity index (χ4v) is 4.63. The fourth-order valence-electron chi connectivity index (χ4n) is 2.03. The summed E-state index contributed by atoms with van der Waals surface area (Å²) in [4.78, 5) is 0. The van der Waals surface area contributed by atoms with Gasteiger partial charge in [-0.3, -0.25) is 0 Å². The molecule has 96 valence electrons. The van der Waals surface area contributed by atoms with Crippen LogP contribution in [-0.4, -0.2) is 35.5 Å². The van der Waals surface area contributed by atoms with E-state index in [1.807, 2.05) is 6.92 Å². The maximum absolute atomic E-state index is 12.3. The summed E-state index contributed by atoms with van der Waals surface area (Å²) < 4.78 is 26.2. The van der Waals surface area contributed by atoms with E-state index < -0.39 is 10.0 Å². The third-order valence-corrected chi connectivity index (χ3v) is 6.06. The van der Waals surface area contributed by atoms with Crippen LogP contribution in [0.3, 0.4) is 0 Å². The van der Waals surface area contributed by atoms with Crippen LogP contribution in [0, 0.1) is 0 Å². The van der Waals surface area contributed by atoms with Crippen molar-refractivity contribution >= 4 is 26.5 Å². The van der Waals surface area contributed by atoms with Gasteiger partial charge in [0, 0.05) is 12.6 Å². The van der Waals surface area contributed by atoms with E-state index in [1.165, 1.54) is 4.31 Å². The Morgan fingerprint density at radius 2 is 2.12 bits per heavy atom. The molecule has 0 aliphatic carbocycles. The second kappa shape index (κ2) is 4.87. The summed E-state index contributed by atoms with van der Waals surface area (Å²) in [6.07, 6.45) is 3.95. The third kappa shape index (κ3) is 2.58. The summed E-state index contributed by atoms with van der Waals surface area (Å²) in [6, 6.07) is 0.0209. The van der Waals surface area contributed by atoms with E-state index in [-0.39, 0.29) is 15.5 Å². The van der Waals surface area contributed by atoms with Crippen LogP contribution in [0.1, 0.15) is 32.6 Å². The van der Waals surface area contributed by atoms with Crippen molar-refractivity contribution in [3.8, 4) is 0 Å². The zero-order chi connectivity index (χ0) is 12.5. The van der Waals surface area contributed by atoms with Crippen molar-refractivity contribution in [2.75, 3.05) is 12.3 Å². The topological polar surface area (TPSA) is 89.2 Å². The van der Waals surface area contributed by atoms with E-state index >= 15 is 0 Å². The molecule has 0 spiro atoms. The molecule has 2 N–H and O–H groups in total. The minimum absolute atomic E-state index is 0.00347. The van der Waals surface area contributed by atoms with E-state index in [4.69, 9.17) is 5.73 Å². The Bertz CT molecular complexity index is 485. The van der Waals surface area contributed by atoms with Crippen LogP contribution >= 0.6 is 11.3 Å². The van der Waals surface area contributed by atoms with Crippen molar-refractivity contribution < 1.29 is 8.42 Å². The van der Waals surface area contributed by atoms with Crippen LogP contribution in [-0.2, 0) is 10.0 Å². The van der Waals surface area contributed by atoms with Gasteiger partial charge in [0.1, 0.15) is 0 Å². The van der Waals surface area contributed by atoms with E-state index in [0.717, 1.165) is 37.0 Å². The van der Waals surface area contributed by atoms with Crippen molar-refractivity contribution in [3.05, 3.63) is 0 Å². The van der Waals surface area contributed by atoms with Crippen LogP contribution < -0.4 is 5.73 Å². The number of nitrogens with two attached hydrogens (primary N) is 1. The number of anilines is 1. The van der Waals surface area contributed by atoms with Crippen LogP contribution in [0.5, 0.6) is 0 Å². The summed E-state index contributed by atoms with van der Waals surface area (Å²) >= 11 is 0.923. The normalized spacial score (nSPS) is 23.5. The maximum Gasteiger partial charge on any atom is 0.272 e. The standard InChI is InChI=1S/C9H16N4O2S2/c1-7-5-3-2-4-6-13(7)17(14,15)9-12-11-8(10)16-9/h7H,2-6H2,1H3,(H2,10,11). The Kier molecular flexibility index (Phi) is 3.64. The van der Waals surface area contributed by atoms with E-state index in [9.17, 15) is 8.42 Å². The highest BCUT2D eigenvalue weighted by atomic mass is 32.2. The summed E-state index contributed by atoms with van der Waals surface area (Å²) in [5.74, 6) is 0. The highest BCUT2D eigenvalue weighted by Gasteiger charge is 2.32. The van der Waals surface area contributed by atoms with Gasteiger partial charge in [-0.1, -0.05) is 24.2 Å². The number of hydrogen-bond donors (Lipinski definition) is 1. The lowest BCUT2D eigenvalue weighted by molar-refractivity contribution is 0.341.